The van der Waals surface area contributed by atoms with E-state index in [1.807, 2.05) is 0 Å². The zero-order valence-corrected chi connectivity index (χ0v) is 11.0. The summed E-state index contributed by atoms with van der Waals surface area (Å²) < 4.78 is 16.1. The van der Waals surface area contributed by atoms with Crippen molar-refractivity contribution in [1.82, 2.24) is 0 Å². The van der Waals surface area contributed by atoms with Crippen molar-refractivity contribution in [2.75, 3.05) is 40.1 Å². The molecule has 0 bridgehead atoms. The molecule has 0 aromatic rings. The van der Waals surface area contributed by atoms with Crippen molar-refractivity contribution >= 4 is 0 Å². The quantitative estimate of drug-likeness (QED) is 0.550. The number of hydrogen-bond donors (Lipinski definition) is 1. The Kier molecular flexibility index (Phi) is 9.92. The van der Waals surface area contributed by atoms with Crippen LogP contribution in [0.15, 0.2) is 0 Å². The van der Waals surface area contributed by atoms with Gasteiger partial charge in [-0.1, -0.05) is 13.8 Å². The lowest BCUT2D eigenvalue weighted by molar-refractivity contribution is -0.0675. The Bertz CT molecular complexity index is 141. The highest BCUT2D eigenvalue weighted by Gasteiger charge is 2.24. The van der Waals surface area contributed by atoms with Crippen molar-refractivity contribution in [3.8, 4) is 0 Å². The number of rotatable bonds is 11. The van der Waals surface area contributed by atoms with E-state index in [2.05, 4.69) is 13.8 Å². The SMILES string of the molecule is CCC(CC)(CN)OCCOCCCOC. The van der Waals surface area contributed by atoms with E-state index in [-0.39, 0.29) is 5.60 Å². The van der Waals surface area contributed by atoms with Crippen LogP contribution in [0.25, 0.3) is 0 Å². The lowest BCUT2D eigenvalue weighted by Gasteiger charge is -2.30. The van der Waals surface area contributed by atoms with Crippen LogP contribution in [0.5, 0.6) is 0 Å². The smallest absolute Gasteiger partial charge is 0.0800 e. The third-order valence-electron chi connectivity index (χ3n) is 2.93. The Morgan fingerprint density at radius 1 is 1.00 bits per heavy atom. The molecular weight excluding hydrogens is 206 g/mol. The predicted octanol–water partition coefficient (Wildman–Crippen LogP) is 1.57. The fourth-order valence-corrected chi connectivity index (χ4v) is 1.53. The van der Waals surface area contributed by atoms with E-state index < -0.39 is 0 Å². The molecule has 0 aromatic carbocycles. The molecule has 0 aliphatic heterocycles. The fourth-order valence-electron chi connectivity index (χ4n) is 1.53. The summed E-state index contributed by atoms with van der Waals surface area (Å²) in [4.78, 5) is 0. The summed E-state index contributed by atoms with van der Waals surface area (Å²) in [7, 11) is 1.70. The molecule has 0 fully saturated rings. The molecule has 0 amide bonds. The maximum absolute atomic E-state index is 5.80. The van der Waals surface area contributed by atoms with Crippen LogP contribution in [-0.4, -0.2) is 45.7 Å². The van der Waals surface area contributed by atoms with Crippen LogP contribution in [0.2, 0.25) is 0 Å². The summed E-state index contributed by atoms with van der Waals surface area (Å²) in [5.74, 6) is 0. The molecule has 0 heterocycles. The van der Waals surface area contributed by atoms with Gasteiger partial charge in [0.25, 0.3) is 0 Å². The third-order valence-corrected chi connectivity index (χ3v) is 2.93. The highest BCUT2D eigenvalue weighted by molar-refractivity contribution is 4.78. The summed E-state index contributed by atoms with van der Waals surface area (Å²) in [6.45, 7) is 7.51. The molecule has 0 aliphatic carbocycles. The van der Waals surface area contributed by atoms with Crippen molar-refractivity contribution in [1.29, 1.82) is 0 Å². The van der Waals surface area contributed by atoms with E-state index in [1.54, 1.807) is 7.11 Å². The summed E-state index contributed by atoms with van der Waals surface area (Å²) in [5.41, 5.74) is 5.57. The van der Waals surface area contributed by atoms with Gasteiger partial charge in [0, 0.05) is 26.9 Å². The first-order chi connectivity index (χ1) is 7.74. The molecular formula is C12H27NO3. The first kappa shape index (κ1) is 15.8. The Labute approximate surface area is 99.4 Å². The Balaban J connectivity index is 3.48. The topological polar surface area (TPSA) is 53.7 Å². The van der Waals surface area contributed by atoms with Crippen LogP contribution >= 0.6 is 0 Å². The molecule has 0 spiro atoms. The average Bonchev–Trinajstić information content (AvgIpc) is 2.34. The molecule has 0 aromatic heterocycles. The predicted molar refractivity (Wildman–Crippen MR) is 65.6 cm³/mol. The van der Waals surface area contributed by atoms with Gasteiger partial charge in [-0.05, 0) is 19.3 Å². The highest BCUT2D eigenvalue weighted by atomic mass is 16.5. The molecule has 0 radical (unpaired) electrons. The molecule has 0 aliphatic rings. The zero-order valence-electron chi connectivity index (χ0n) is 11.0. The van der Waals surface area contributed by atoms with Gasteiger partial charge in [0.2, 0.25) is 0 Å². The molecule has 98 valence electrons. The van der Waals surface area contributed by atoms with E-state index in [0.29, 0.717) is 19.8 Å². The monoisotopic (exact) mass is 233 g/mol. The summed E-state index contributed by atoms with van der Waals surface area (Å²) in [6, 6.07) is 0. The van der Waals surface area contributed by atoms with E-state index >= 15 is 0 Å². The molecule has 0 rings (SSSR count). The number of ether oxygens (including phenoxy) is 3. The number of nitrogens with two attached hydrogens (primary N) is 1. The Morgan fingerprint density at radius 2 is 1.69 bits per heavy atom. The van der Waals surface area contributed by atoms with Crippen molar-refractivity contribution in [2.45, 2.75) is 38.7 Å². The van der Waals surface area contributed by atoms with E-state index in [9.17, 15) is 0 Å². The molecule has 2 N–H and O–H groups in total. The fraction of sp³-hybridized carbons (Fsp3) is 1.00. The second-order valence-electron chi connectivity index (χ2n) is 3.90. The molecule has 0 atom stereocenters. The zero-order chi connectivity index (χ0) is 12.3. The van der Waals surface area contributed by atoms with Crippen LogP contribution in [-0.2, 0) is 14.2 Å². The van der Waals surface area contributed by atoms with Gasteiger partial charge in [-0.15, -0.1) is 0 Å². The first-order valence-corrected chi connectivity index (χ1v) is 6.15. The van der Waals surface area contributed by atoms with Gasteiger partial charge in [0.15, 0.2) is 0 Å². The van der Waals surface area contributed by atoms with E-state index in [0.717, 1.165) is 32.5 Å². The van der Waals surface area contributed by atoms with Crippen LogP contribution < -0.4 is 5.73 Å². The molecule has 0 saturated carbocycles. The second kappa shape index (κ2) is 10.0. The number of hydrogen-bond acceptors (Lipinski definition) is 4. The van der Waals surface area contributed by atoms with Crippen molar-refractivity contribution < 1.29 is 14.2 Å². The third kappa shape index (κ3) is 6.43. The van der Waals surface area contributed by atoms with E-state index in [4.69, 9.17) is 19.9 Å². The van der Waals surface area contributed by atoms with Gasteiger partial charge in [-0.25, -0.2) is 0 Å². The molecule has 4 heteroatoms. The van der Waals surface area contributed by atoms with Gasteiger partial charge < -0.3 is 19.9 Å². The van der Waals surface area contributed by atoms with Crippen LogP contribution in [0.4, 0.5) is 0 Å². The van der Waals surface area contributed by atoms with E-state index in [1.165, 1.54) is 0 Å². The second-order valence-corrected chi connectivity index (χ2v) is 3.90. The van der Waals surface area contributed by atoms with Crippen LogP contribution in [0, 0.1) is 0 Å². The van der Waals surface area contributed by atoms with Gasteiger partial charge in [-0.2, -0.15) is 0 Å². The molecule has 16 heavy (non-hydrogen) atoms. The van der Waals surface area contributed by atoms with Gasteiger partial charge in [0.1, 0.15) is 0 Å². The first-order valence-electron chi connectivity index (χ1n) is 6.15. The minimum Gasteiger partial charge on any atom is -0.385 e. The Hall–Kier alpha value is -0.160. The summed E-state index contributed by atoms with van der Waals surface area (Å²) in [5, 5.41) is 0. The summed E-state index contributed by atoms with van der Waals surface area (Å²) in [6.07, 6.45) is 2.83. The van der Waals surface area contributed by atoms with Crippen LogP contribution in [0.3, 0.4) is 0 Å². The Morgan fingerprint density at radius 3 is 2.19 bits per heavy atom. The molecule has 0 unspecified atom stereocenters. The number of methoxy groups -OCH3 is 1. The van der Waals surface area contributed by atoms with Crippen molar-refractivity contribution in [3.05, 3.63) is 0 Å². The summed E-state index contributed by atoms with van der Waals surface area (Å²) >= 11 is 0. The minimum atomic E-state index is -0.157. The molecule has 0 saturated heterocycles. The maximum Gasteiger partial charge on any atom is 0.0800 e. The highest BCUT2D eigenvalue weighted by Crippen LogP contribution is 2.18. The van der Waals surface area contributed by atoms with Gasteiger partial charge in [0.05, 0.1) is 18.8 Å². The lowest BCUT2D eigenvalue weighted by Crippen LogP contribution is -2.40. The van der Waals surface area contributed by atoms with Crippen molar-refractivity contribution in [2.24, 2.45) is 5.73 Å². The molecule has 4 nitrogen and oxygen atoms in total. The normalized spacial score (nSPS) is 12.0. The largest absolute Gasteiger partial charge is 0.385 e. The van der Waals surface area contributed by atoms with Gasteiger partial charge in [-0.3, -0.25) is 0 Å². The van der Waals surface area contributed by atoms with Crippen LogP contribution in [0.1, 0.15) is 33.1 Å². The van der Waals surface area contributed by atoms with Crippen molar-refractivity contribution in [3.63, 3.8) is 0 Å². The minimum absolute atomic E-state index is 0.157. The maximum atomic E-state index is 5.80. The van der Waals surface area contributed by atoms with Gasteiger partial charge >= 0.3 is 0 Å². The average molecular weight is 233 g/mol. The lowest BCUT2D eigenvalue weighted by atomic mass is 9.97. The standard InChI is InChI=1S/C12H27NO3/c1-4-12(5-2,11-13)16-10-9-15-8-6-7-14-3/h4-11,13H2,1-3H3.